The normalized spacial score (nSPS) is 16.6. The predicted octanol–water partition coefficient (Wildman–Crippen LogP) is 4.63. The monoisotopic (exact) mass is 288 g/mol. The summed E-state index contributed by atoms with van der Waals surface area (Å²) >= 11 is 11.9. The van der Waals surface area contributed by atoms with Gasteiger partial charge in [0.05, 0.1) is 5.70 Å². The molecule has 4 heteroatoms. The van der Waals surface area contributed by atoms with Gasteiger partial charge in [0.25, 0.3) is 0 Å². The number of nitrogens with one attached hydrogen (secondary N) is 1. The minimum Gasteiger partial charge on any atom is -0.346 e. The molecule has 0 amide bonds. The minimum absolute atomic E-state index is 0.487. The maximum absolute atomic E-state index is 5.97. The van der Waals surface area contributed by atoms with E-state index in [4.69, 9.17) is 23.2 Å². The van der Waals surface area contributed by atoms with Gasteiger partial charge in [-0.25, -0.2) is 4.99 Å². The number of halogens is 2. The Morgan fingerprint density at radius 1 is 0.947 bits per heavy atom. The minimum atomic E-state index is 0.487. The topological polar surface area (TPSA) is 28.1 Å². The predicted molar refractivity (Wildman–Crippen MR) is 80.7 cm³/mol. The summed E-state index contributed by atoms with van der Waals surface area (Å²) < 4.78 is 0. The number of hydrogen-bond acceptors (Lipinski definition) is 1. The van der Waals surface area contributed by atoms with E-state index in [0.29, 0.717) is 10.3 Å². The van der Waals surface area contributed by atoms with Crippen molar-refractivity contribution in [1.29, 1.82) is 0 Å². The van der Waals surface area contributed by atoms with Crippen molar-refractivity contribution in [2.75, 3.05) is 0 Å². The summed E-state index contributed by atoms with van der Waals surface area (Å²) in [6, 6.07) is 13.8. The number of allylic oxidation sites excluding steroid dienone is 2. The average Bonchev–Trinajstić information content (AvgIpc) is 3.01. The van der Waals surface area contributed by atoms with Crippen molar-refractivity contribution in [2.24, 2.45) is 4.99 Å². The lowest BCUT2D eigenvalue weighted by Crippen LogP contribution is -1.91. The molecule has 0 radical (unpaired) electrons. The SMILES string of the molecule is ClC1=NC(=C(c2ccccc2)c2ccc(Cl)[nH]2)C=C1. The van der Waals surface area contributed by atoms with Crippen molar-refractivity contribution in [2.45, 2.75) is 0 Å². The Kier molecular flexibility index (Phi) is 3.28. The van der Waals surface area contributed by atoms with Crippen LogP contribution in [-0.4, -0.2) is 10.2 Å². The van der Waals surface area contributed by atoms with E-state index in [1.807, 2.05) is 48.5 Å². The Morgan fingerprint density at radius 2 is 1.74 bits per heavy atom. The fourth-order valence-electron chi connectivity index (χ4n) is 2.04. The molecule has 1 aromatic carbocycles. The molecule has 1 aliphatic heterocycles. The van der Waals surface area contributed by atoms with Gasteiger partial charge in [-0.2, -0.15) is 0 Å². The number of nitrogens with zero attached hydrogens (tertiary/aromatic N) is 1. The molecule has 1 aromatic heterocycles. The quantitative estimate of drug-likeness (QED) is 0.834. The summed E-state index contributed by atoms with van der Waals surface area (Å²) in [6.07, 6.45) is 3.68. The lowest BCUT2D eigenvalue weighted by molar-refractivity contribution is 1.32. The van der Waals surface area contributed by atoms with Gasteiger partial charge in [0.2, 0.25) is 0 Å². The van der Waals surface area contributed by atoms with Gasteiger partial charge in [-0.3, -0.25) is 0 Å². The fraction of sp³-hybridized carbons (Fsp3) is 0. The van der Waals surface area contributed by atoms with Gasteiger partial charge in [0, 0.05) is 11.3 Å². The fourth-order valence-corrected chi connectivity index (χ4v) is 2.36. The Morgan fingerprint density at radius 3 is 2.32 bits per heavy atom. The zero-order chi connectivity index (χ0) is 13.2. The molecule has 94 valence electrons. The third kappa shape index (κ3) is 2.50. The van der Waals surface area contributed by atoms with Crippen molar-refractivity contribution in [3.05, 3.63) is 76.7 Å². The maximum Gasteiger partial charge on any atom is 0.129 e. The van der Waals surface area contributed by atoms with Gasteiger partial charge >= 0.3 is 0 Å². The summed E-state index contributed by atoms with van der Waals surface area (Å²) in [5.41, 5.74) is 3.80. The van der Waals surface area contributed by atoms with Crippen molar-refractivity contribution < 1.29 is 0 Å². The van der Waals surface area contributed by atoms with Gasteiger partial charge in [0.1, 0.15) is 10.3 Å². The van der Waals surface area contributed by atoms with Crippen LogP contribution in [0.1, 0.15) is 11.3 Å². The van der Waals surface area contributed by atoms with Crippen LogP contribution in [0, 0.1) is 0 Å². The summed E-state index contributed by atoms with van der Waals surface area (Å²) in [7, 11) is 0. The van der Waals surface area contributed by atoms with E-state index in [1.54, 1.807) is 6.08 Å². The first-order valence-electron chi connectivity index (χ1n) is 5.81. The van der Waals surface area contributed by atoms with E-state index >= 15 is 0 Å². The molecule has 0 unspecified atom stereocenters. The van der Waals surface area contributed by atoms with Crippen LogP contribution >= 0.6 is 23.2 Å². The Bertz CT molecular complexity index is 694. The lowest BCUT2D eigenvalue weighted by Gasteiger charge is -2.08. The molecule has 0 spiro atoms. The van der Waals surface area contributed by atoms with E-state index in [2.05, 4.69) is 9.98 Å². The van der Waals surface area contributed by atoms with Crippen molar-refractivity contribution in [1.82, 2.24) is 4.98 Å². The molecule has 2 nitrogen and oxygen atoms in total. The Labute approximate surface area is 121 Å². The van der Waals surface area contributed by atoms with Crippen LogP contribution in [0.25, 0.3) is 5.57 Å². The zero-order valence-electron chi connectivity index (χ0n) is 9.90. The number of benzene rings is 1. The largest absolute Gasteiger partial charge is 0.346 e. The second kappa shape index (κ2) is 5.08. The number of aromatic amines is 1. The third-order valence-corrected chi connectivity index (χ3v) is 3.28. The zero-order valence-corrected chi connectivity index (χ0v) is 11.4. The molecule has 0 bridgehead atoms. The molecule has 0 saturated heterocycles. The first-order chi connectivity index (χ1) is 9.24. The van der Waals surface area contributed by atoms with Gasteiger partial charge in [-0.1, -0.05) is 53.5 Å². The van der Waals surface area contributed by atoms with Gasteiger partial charge < -0.3 is 4.98 Å². The highest BCUT2D eigenvalue weighted by Crippen LogP contribution is 2.30. The summed E-state index contributed by atoms with van der Waals surface area (Å²) in [5, 5.41) is 1.09. The highest BCUT2D eigenvalue weighted by atomic mass is 35.5. The first kappa shape index (κ1) is 12.3. The van der Waals surface area contributed by atoms with Crippen LogP contribution in [0.5, 0.6) is 0 Å². The molecular weight excluding hydrogens is 279 g/mol. The molecule has 19 heavy (non-hydrogen) atoms. The summed E-state index contributed by atoms with van der Waals surface area (Å²) in [5.74, 6) is 0. The smallest absolute Gasteiger partial charge is 0.129 e. The number of aliphatic imine (C=N–C) groups is 1. The van der Waals surface area contributed by atoms with E-state index < -0.39 is 0 Å². The number of H-pyrrole nitrogens is 1. The van der Waals surface area contributed by atoms with E-state index in [0.717, 1.165) is 22.5 Å². The molecule has 0 saturated carbocycles. The molecule has 2 aromatic rings. The molecule has 0 aliphatic carbocycles. The highest BCUT2D eigenvalue weighted by molar-refractivity contribution is 6.69. The highest BCUT2D eigenvalue weighted by Gasteiger charge is 2.14. The Balaban J connectivity index is 2.21. The third-order valence-electron chi connectivity index (χ3n) is 2.84. The maximum atomic E-state index is 5.97. The van der Waals surface area contributed by atoms with E-state index in [1.165, 1.54) is 0 Å². The standard InChI is InChI=1S/C15H10Cl2N2/c16-13-8-6-11(18-13)15(10-4-2-1-3-5-10)12-7-9-14(17)19-12/h1-9,18H. The molecule has 1 N–H and O–H groups in total. The molecule has 0 fully saturated rings. The van der Waals surface area contributed by atoms with Crippen molar-refractivity contribution in [3.8, 4) is 0 Å². The first-order valence-corrected chi connectivity index (χ1v) is 6.56. The second-order valence-corrected chi connectivity index (χ2v) is 4.91. The van der Waals surface area contributed by atoms with Crippen LogP contribution < -0.4 is 0 Å². The average molecular weight is 289 g/mol. The number of rotatable bonds is 2. The van der Waals surface area contributed by atoms with Gasteiger partial charge in [-0.05, 0) is 29.8 Å². The number of hydrogen-bond donors (Lipinski definition) is 1. The molecule has 0 atom stereocenters. The van der Waals surface area contributed by atoms with Crippen LogP contribution in [0.15, 0.2) is 65.3 Å². The number of aromatic nitrogens is 1. The van der Waals surface area contributed by atoms with Gasteiger partial charge in [0.15, 0.2) is 0 Å². The molecular formula is C15H10Cl2N2. The Hall–Kier alpha value is -1.77. The lowest BCUT2D eigenvalue weighted by atomic mass is 10.0. The van der Waals surface area contributed by atoms with E-state index in [-0.39, 0.29) is 0 Å². The van der Waals surface area contributed by atoms with Crippen LogP contribution in [0.2, 0.25) is 5.15 Å². The van der Waals surface area contributed by atoms with E-state index in [9.17, 15) is 0 Å². The van der Waals surface area contributed by atoms with Crippen LogP contribution in [0.4, 0.5) is 0 Å². The van der Waals surface area contributed by atoms with Crippen LogP contribution in [0.3, 0.4) is 0 Å². The summed E-state index contributed by atoms with van der Waals surface area (Å²) in [6.45, 7) is 0. The van der Waals surface area contributed by atoms with Crippen molar-refractivity contribution >= 4 is 33.9 Å². The van der Waals surface area contributed by atoms with Gasteiger partial charge in [-0.15, -0.1) is 0 Å². The molecule has 3 rings (SSSR count). The summed E-state index contributed by atoms with van der Waals surface area (Å²) in [4.78, 5) is 7.47. The second-order valence-electron chi connectivity index (χ2n) is 4.11. The van der Waals surface area contributed by atoms with Crippen molar-refractivity contribution in [3.63, 3.8) is 0 Å². The molecule has 1 aliphatic rings. The molecule has 2 heterocycles. The van der Waals surface area contributed by atoms with Crippen LogP contribution in [-0.2, 0) is 0 Å².